The van der Waals surface area contributed by atoms with Crippen molar-refractivity contribution < 1.29 is 9.36 Å². The van der Waals surface area contributed by atoms with Gasteiger partial charge in [-0.1, -0.05) is 62.8 Å². The Hall–Kier alpha value is -2.04. The maximum absolute atomic E-state index is 13.2. The zero-order valence-corrected chi connectivity index (χ0v) is 16.9. The van der Waals surface area contributed by atoms with Crippen molar-refractivity contribution in [1.29, 1.82) is 0 Å². The lowest BCUT2D eigenvalue weighted by atomic mass is 9.88. The second-order valence-corrected chi connectivity index (χ2v) is 7.91. The van der Waals surface area contributed by atoms with Crippen LogP contribution in [-0.2, 0) is 5.41 Å². The number of hydrogen-bond donors (Lipinski definition) is 1. The van der Waals surface area contributed by atoms with Gasteiger partial charge in [0.25, 0.3) is 6.04 Å². The van der Waals surface area contributed by atoms with E-state index < -0.39 is 6.04 Å². The van der Waals surface area contributed by atoms with Gasteiger partial charge in [-0.05, 0) is 23.1 Å². The highest BCUT2D eigenvalue weighted by Crippen LogP contribution is 2.22. The Morgan fingerprint density at radius 2 is 1.88 bits per heavy atom. The number of nitrogens with one attached hydrogen (secondary N) is 1. The van der Waals surface area contributed by atoms with Gasteiger partial charge in [-0.15, -0.1) is 6.58 Å². The van der Waals surface area contributed by atoms with Gasteiger partial charge < -0.3 is 5.32 Å². The zero-order chi connectivity index (χ0) is 19.3. The fourth-order valence-corrected chi connectivity index (χ4v) is 3.12. The fourth-order valence-electron chi connectivity index (χ4n) is 2.58. The molecule has 1 N–H and O–H groups in total. The van der Waals surface area contributed by atoms with Gasteiger partial charge in [0.15, 0.2) is 17.4 Å². The van der Waals surface area contributed by atoms with E-state index in [1.165, 1.54) is 5.56 Å². The maximum atomic E-state index is 13.2. The molecule has 0 unspecified atom stereocenters. The number of ketones is 1. The lowest BCUT2D eigenvalue weighted by molar-refractivity contribution is -0.692. The predicted molar refractivity (Wildman–Crippen MR) is 111 cm³/mol. The number of aromatic nitrogens is 1. The van der Waals surface area contributed by atoms with Crippen molar-refractivity contribution in [1.82, 2.24) is 5.32 Å². The van der Waals surface area contributed by atoms with E-state index in [-0.39, 0.29) is 11.2 Å². The SMILES string of the molecule is C=CCNC(=S)[C@@H](C(=O)c1ccccc1Cl)[n+]1ccc(C(C)(C)C)cc1. The Bertz CT molecular complexity index is 810. The van der Waals surface area contributed by atoms with E-state index in [0.717, 1.165) is 0 Å². The van der Waals surface area contributed by atoms with Crippen LogP contribution < -0.4 is 9.88 Å². The first-order valence-electron chi connectivity index (χ1n) is 8.44. The largest absolute Gasteiger partial charge is 0.370 e. The molecule has 1 aromatic heterocycles. The number of thiocarbonyl (C=S) groups is 1. The van der Waals surface area contributed by atoms with E-state index in [2.05, 4.69) is 32.7 Å². The number of hydrogen-bond acceptors (Lipinski definition) is 2. The van der Waals surface area contributed by atoms with Crippen LogP contribution in [0.3, 0.4) is 0 Å². The molecular formula is C21H24ClN2OS+. The number of pyridine rings is 1. The van der Waals surface area contributed by atoms with Crippen molar-refractivity contribution in [3.05, 3.63) is 77.6 Å². The molecule has 0 bridgehead atoms. The van der Waals surface area contributed by atoms with E-state index >= 15 is 0 Å². The third-order valence-electron chi connectivity index (χ3n) is 4.07. The second kappa shape index (κ2) is 8.56. The Labute approximate surface area is 165 Å². The van der Waals surface area contributed by atoms with Crippen LogP contribution in [0.2, 0.25) is 5.02 Å². The molecule has 0 aliphatic carbocycles. The minimum absolute atomic E-state index is 0.0307. The summed E-state index contributed by atoms with van der Waals surface area (Å²) in [5.74, 6) is -0.148. The maximum Gasteiger partial charge on any atom is 0.270 e. The number of carbonyl (C=O) groups excluding carboxylic acids is 1. The van der Waals surface area contributed by atoms with Crippen molar-refractivity contribution in [2.75, 3.05) is 6.54 Å². The van der Waals surface area contributed by atoms with Gasteiger partial charge >= 0.3 is 0 Å². The quantitative estimate of drug-likeness (QED) is 0.344. The van der Waals surface area contributed by atoms with Crippen LogP contribution in [0.1, 0.15) is 42.7 Å². The molecule has 1 aromatic carbocycles. The van der Waals surface area contributed by atoms with Crippen LogP contribution in [-0.4, -0.2) is 17.3 Å². The number of Topliss-reactive ketones (excluding diaryl/α,β-unsaturated/α-hetero) is 1. The minimum atomic E-state index is -0.668. The fraction of sp³-hybridized carbons (Fsp3) is 0.286. The molecule has 136 valence electrons. The summed E-state index contributed by atoms with van der Waals surface area (Å²) < 4.78 is 1.82. The molecule has 0 saturated heterocycles. The number of rotatable bonds is 6. The van der Waals surface area contributed by atoms with E-state index in [0.29, 0.717) is 22.1 Å². The van der Waals surface area contributed by atoms with Crippen LogP contribution in [0.25, 0.3) is 0 Å². The first-order valence-corrected chi connectivity index (χ1v) is 9.23. The summed E-state index contributed by atoms with van der Waals surface area (Å²) >= 11 is 11.7. The third kappa shape index (κ3) is 4.77. The highest BCUT2D eigenvalue weighted by atomic mass is 35.5. The standard InChI is InChI=1S/C21H23ClN2OS/c1-5-12-23-20(26)18(19(25)16-8-6-7-9-17(16)22)24-13-10-15(11-14-24)21(2,3)4/h5-11,13-14,18H,1,12H2,2-4H3/p+1/t18-/m1/s1. The molecule has 0 amide bonds. The van der Waals surface area contributed by atoms with Crippen molar-refractivity contribution >= 4 is 34.6 Å². The van der Waals surface area contributed by atoms with Crippen LogP contribution in [0.5, 0.6) is 0 Å². The Kier molecular flexibility index (Phi) is 6.68. The number of halogens is 1. The normalized spacial score (nSPS) is 12.3. The topological polar surface area (TPSA) is 33.0 Å². The van der Waals surface area contributed by atoms with Gasteiger partial charge in [0, 0.05) is 24.2 Å². The van der Waals surface area contributed by atoms with Crippen LogP contribution in [0.15, 0.2) is 61.4 Å². The van der Waals surface area contributed by atoms with Gasteiger partial charge in [-0.2, -0.15) is 4.57 Å². The number of nitrogens with zero attached hydrogens (tertiary/aromatic N) is 1. The average Bonchev–Trinajstić information content (AvgIpc) is 2.60. The van der Waals surface area contributed by atoms with Gasteiger partial charge in [0.05, 0.1) is 5.02 Å². The summed E-state index contributed by atoms with van der Waals surface area (Å²) in [6.45, 7) is 10.6. The van der Waals surface area contributed by atoms with Crippen molar-refractivity contribution in [2.24, 2.45) is 0 Å². The Morgan fingerprint density at radius 1 is 1.27 bits per heavy atom. The van der Waals surface area contributed by atoms with E-state index in [1.54, 1.807) is 30.3 Å². The number of benzene rings is 1. The van der Waals surface area contributed by atoms with Crippen LogP contribution in [0.4, 0.5) is 0 Å². The molecule has 0 saturated carbocycles. The first kappa shape index (κ1) is 20.3. The van der Waals surface area contributed by atoms with E-state index in [4.69, 9.17) is 23.8 Å². The molecular weight excluding hydrogens is 364 g/mol. The molecule has 2 aromatic rings. The second-order valence-electron chi connectivity index (χ2n) is 7.06. The number of carbonyl (C=O) groups is 1. The smallest absolute Gasteiger partial charge is 0.270 e. The Morgan fingerprint density at radius 3 is 2.42 bits per heavy atom. The van der Waals surface area contributed by atoms with E-state index in [1.807, 2.05) is 29.1 Å². The van der Waals surface area contributed by atoms with Crippen molar-refractivity contribution in [2.45, 2.75) is 32.2 Å². The molecule has 0 radical (unpaired) electrons. The minimum Gasteiger partial charge on any atom is -0.370 e. The summed E-state index contributed by atoms with van der Waals surface area (Å²) in [5.41, 5.74) is 1.67. The van der Waals surface area contributed by atoms with Crippen molar-refractivity contribution in [3.8, 4) is 0 Å². The molecule has 3 nitrogen and oxygen atoms in total. The van der Waals surface area contributed by atoms with Crippen molar-refractivity contribution in [3.63, 3.8) is 0 Å². The summed E-state index contributed by atoms with van der Waals surface area (Å²) in [6.07, 6.45) is 5.49. The molecule has 0 aliphatic rings. The lowest BCUT2D eigenvalue weighted by Crippen LogP contribution is -2.51. The zero-order valence-electron chi connectivity index (χ0n) is 15.3. The van der Waals surface area contributed by atoms with Gasteiger partial charge in [-0.25, -0.2) is 0 Å². The molecule has 0 aliphatic heterocycles. The molecule has 0 spiro atoms. The van der Waals surface area contributed by atoms with Crippen LogP contribution in [0, 0.1) is 0 Å². The van der Waals surface area contributed by atoms with Gasteiger partial charge in [0.1, 0.15) is 0 Å². The molecule has 1 heterocycles. The molecule has 26 heavy (non-hydrogen) atoms. The van der Waals surface area contributed by atoms with Crippen LogP contribution >= 0.6 is 23.8 Å². The molecule has 5 heteroatoms. The summed E-state index contributed by atoms with van der Waals surface area (Å²) in [6, 6.07) is 10.4. The average molecular weight is 388 g/mol. The lowest BCUT2D eigenvalue weighted by Gasteiger charge is -2.19. The summed E-state index contributed by atoms with van der Waals surface area (Å²) in [7, 11) is 0. The highest BCUT2D eigenvalue weighted by Gasteiger charge is 2.34. The highest BCUT2D eigenvalue weighted by molar-refractivity contribution is 7.80. The molecule has 0 fully saturated rings. The predicted octanol–water partition coefficient (Wildman–Crippen LogP) is 4.45. The molecule has 2 rings (SSSR count). The Balaban J connectivity index is 2.44. The van der Waals surface area contributed by atoms with E-state index in [9.17, 15) is 4.79 Å². The third-order valence-corrected chi connectivity index (χ3v) is 4.77. The molecule has 1 atom stereocenters. The summed E-state index contributed by atoms with van der Waals surface area (Å²) in [5, 5.41) is 3.49. The van der Waals surface area contributed by atoms with Gasteiger partial charge in [0.2, 0.25) is 5.78 Å². The summed E-state index contributed by atoms with van der Waals surface area (Å²) in [4.78, 5) is 13.6. The first-order chi connectivity index (χ1) is 12.3. The monoisotopic (exact) mass is 387 g/mol. The van der Waals surface area contributed by atoms with Gasteiger partial charge in [-0.3, -0.25) is 4.79 Å².